The molecule has 94 valence electrons. The van der Waals surface area contributed by atoms with Crippen molar-refractivity contribution in [3.63, 3.8) is 0 Å². The van der Waals surface area contributed by atoms with E-state index < -0.39 is 5.97 Å². The summed E-state index contributed by atoms with van der Waals surface area (Å²) < 4.78 is 0. The Bertz CT molecular complexity index is 225. The number of hydrogen-bond donors (Lipinski definition) is 2. The smallest absolute Gasteiger partial charge is 0.307 e. The van der Waals surface area contributed by atoms with Crippen LogP contribution < -0.4 is 5.73 Å². The van der Waals surface area contributed by atoms with E-state index in [-0.39, 0.29) is 5.92 Å². The zero-order valence-electron chi connectivity index (χ0n) is 10.4. The van der Waals surface area contributed by atoms with Gasteiger partial charge < -0.3 is 10.8 Å². The van der Waals surface area contributed by atoms with Crippen LogP contribution in [0.2, 0.25) is 0 Å². The molecule has 1 rings (SSSR count). The zero-order chi connectivity index (χ0) is 12.1. The van der Waals surface area contributed by atoms with Crippen LogP contribution in [-0.4, -0.2) is 41.1 Å². The van der Waals surface area contributed by atoms with Crippen LogP contribution in [0.1, 0.15) is 39.5 Å². The van der Waals surface area contributed by atoms with Crippen LogP contribution in [0.25, 0.3) is 0 Å². The molecule has 1 aliphatic rings. The molecule has 0 spiro atoms. The lowest BCUT2D eigenvalue weighted by molar-refractivity contribution is -0.142. The fraction of sp³-hybridized carbons (Fsp3) is 0.917. The molecule has 0 saturated heterocycles. The van der Waals surface area contributed by atoms with Crippen LogP contribution in [-0.2, 0) is 4.79 Å². The molecule has 3 N–H and O–H groups in total. The summed E-state index contributed by atoms with van der Waals surface area (Å²) in [5.41, 5.74) is 5.88. The normalized spacial score (nSPS) is 28.0. The van der Waals surface area contributed by atoms with Gasteiger partial charge >= 0.3 is 5.97 Å². The van der Waals surface area contributed by atoms with E-state index in [1.54, 1.807) is 6.92 Å². The lowest BCUT2D eigenvalue weighted by Crippen LogP contribution is -2.43. The van der Waals surface area contributed by atoms with Crippen molar-refractivity contribution in [1.82, 2.24) is 4.90 Å². The Morgan fingerprint density at radius 3 is 2.44 bits per heavy atom. The van der Waals surface area contributed by atoms with Crippen molar-refractivity contribution in [2.24, 2.45) is 11.7 Å². The molecule has 1 fully saturated rings. The highest BCUT2D eigenvalue weighted by molar-refractivity contribution is 5.69. The summed E-state index contributed by atoms with van der Waals surface area (Å²) in [7, 11) is 0. The molecule has 1 aliphatic carbocycles. The zero-order valence-corrected chi connectivity index (χ0v) is 10.4. The third kappa shape index (κ3) is 3.76. The maximum absolute atomic E-state index is 10.8. The SMILES string of the molecule is CCN(CC(C)C(=O)O)C1CCC(N)CC1. The summed E-state index contributed by atoms with van der Waals surface area (Å²) in [6, 6.07) is 0.887. The monoisotopic (exact) mass is 228 g/mol. The minimum absolute atomic E-state index is 0.282. The number of nitrogens with zero attached hydrogens (tertiary/aromatic N) is 1. The summed E-state index contributed by atoms with van der Waals surface area (Å²) >= 11 is 0. The lowest BCUT2D eigenvalue weighted by Gasteiger charge is -2.36. The lowest BCUT2D eigenvalue weighted by atomic mass is 9.90. The second kappa shape index (κ2) is 6.21. The molecule has 0 amide bonds. The average Bonchev–Trinajstić information content (AvgIpc) is 2.26. The molecule has 1 atom stereocenters. The molecule has 0 aromatic heterocycles. The van der Waals surface area contributed by atoms with E-state index in [2.05, 4.69) is 11.8 Å². The largest absolute Gasteiger partial charge is 0.481 e. The van der Waals surface area contributed by atoms with E-state index in [0.717, 1.165) is 32.2 Å². The molecule has 0 radical (unpaired) electrons. The van der Waals surface area contributed by atoms with Crippen molar-refractivity contribution in [2.75, 3.05) is 13.1 Å². The first-order valence-electron chi connectivity index (χ1n) is 6.27. The van der Waals surface area contributed by atoms with E-state index >= 15 is 0 Å². The number of aliphatic carboxylic acids is 1. The summed E-state index contributed by atoms with van der Waals surface area (Å²) in [6.45, 7) is 5.46. The van der Waals surface area contributed by atoms with E-state index in [0.29, 0.717) is 18.6 Å². The topological polar surface area (TPSA) is 66.6 Å². The van der Waals surface area contributed by atoms with Gasteiger partial charge in [-0.05, 0) is 32.2 Å². The molecule has 0 aliphatic heterocycles. The van der Waals surface area contributed by atoms with Gasteiger partial charge in [0.2, 0.25) is 0 Å². The van der Waals surface area contributed by atoms with Crippen LogP contribution in [0, 0.1) is 5.92 Å². The predicted octanol–water partition coefficient (Wildman–Crippen LogP) is 1.30. The van der Waals surface area contributed by atoms with Gasteiger partial charge in [-0.25, -0.2) is 0 Å². The minimum atomic E-state index is -0.703. The Hall–Kier alpha value is -0.610. The van der Waals surface area contributed by atoms with Gasteiger partial charge in [0.25, 0.3) is 0 Å². The standard InChI is InChI=1S/C12H24N2O2/c1-3-14(8-9(2)12(15)16)11-6-4-10(13)5-7-11/h9-11H,3-8,13H2,1-2H3,(H,15,16). The van der Waals surface area contributed by atoms with Gasteiger partial charge in [-0.1, -0.05) is 13.8 Å². The molecule has 1 unspecified atom stereocenters. The van der Waals surface area contributed by atoms with Crippen molar-refractivity contribution in [1.29, 1.82) is 0 Å². The Labute approximate surface area is 97.8 Å². The number of carbonyl (C=O) groups is 1. The quantitative estimate of drug-likeness (QED) is 0.744. The van der Waals surface area contributed by atoms with Gasteiger partial charge in [0.05, 0.1) is 5.92 Å². The molecule has 16 heavy (non-hydrogen) atoms. The summed E-state index contributed by atoms with van der Waals surface area (Å²) in [4.78, 5) is 13.1. The Morgan fingerprint density at radius 1 is 1.44 bits per heavy atom. The van der Waals surface area contributed by atoms with Crippen molar-refractivity contribution in [3.05, 3.63) is 0 Å². The number of nitrogens with two attached hydrogens (primary N) is 1. The molecule has 0 heterocycles. The second-order valence-electron chi connectivity index (χ2n) is 4.90. The highest BCUT2D eigenvalue weighted by atomic mass is 16.4. The maximum atomic E-state index is 10.8. The van der Waals surface area contributed by atoms with Crippen LogP contribution in [0.15, 0.2) is 0 Å². The molecule has 4 heteroatoms. The van der Waals surface area contributed by atoms with E-state index in [1.807, 2.05) is 0 Å². The van der Waals surface area contributed by atoms with Crippen molar-refractivity contribution < 1.29 is 9.90 Å². The first kappa shape index (κ1) is 13.5. The highest BCUT2D eigenvalue weighted by Gasteiger charge is 2.25. The van der Waals surface area contributed by atoms with E-state index in [1.165, 1.54) is 0 Å². The van der Waals surface area contributed by atoms with Gasteiger partial charge in [0, 0.05) is 18.6 Å². The highest BCUT2D eigenvalue weighted by Crippen LogP contribution is 2.22. The third-order valence-electron chi connectivity index (χ3n) is 3.59. The molecular weight excluding hydrogens is 204 g/mol. The predicted molar refractivity (Wildman–Crippen MR) is 64.3 cm³/mol. The second-order valence-corrected chi connectivity index (χ2v) is 4.90. The first-order valence-corrected chi connectivity index (χ1v) is 6.27. The van der Waals surface area contributed by atoms with Crippen LogP contribution in [0.3, 0.4) is 0 Å². The molecule has 1 saturated carbocycles. The van der Waals surface area contributed by atoms with E-state index in [9.17, 15) is 4.79 Å². The van der Waals surface area contributed by atoms with Crippen molar-refractivity contribution >= 4 is 5.97 Å². The summed E-state index contributed by atoms with van der Waals surface area (Å²) in [6.07, 6.45) is 4.37. The fourth-order valence-electron chi connectivity index (χ4n) is 2.43. The molecule has 0 bridgehead atoms. The number of hydrogen-bond acceptors (Lipinski definition) is 3. The minimum Gasteiger partial charge on any atom is -0.481 e. The molecule has 4 nitrogen and oxygen atoms in total. The third-order valence-corrected chi connectivity index (χ3v) is 3.59. The number of carboxylic acid groups (broad SMARTS) is 1. The Kier molecular flexibility index (Phi) is 5.22. The van der Waals surface area contributed by atoms with Gasteiger partial charge in [0.15, 0.2) is 0 Å². The maximum Gasteiger partial charge on any atom is 0.307 e. The van der Waals surface area contributed by atoms with Gasteiger partial charge in [-0.3, -0.25) is 9.69 Å². The number of carboxylic acids is 1. The van der Waals surface area contributed by atoms with Crippen molar-refractivity contribution in [2.45, 2.75) is 51.6 Å². The molecule has 0 aromatic rings. The molecule has 0 aromatic carbocycles. The van der Waals surface area contributed by atoms with Crippen LogP contribution in [0.4, 0.5) is 0 Å². The summed E-state index contributed by atoms with van der Waals surface area (Å²) in [5.74, 6) is -0.985. The van der Waals surface area contributed by atoms with Gasteiger partial charge in [-0.2, -0.15) is 0 Å². The Morgan fingerprint density at radius 2 is 2.00 bits per heavy atom. The number of rotatable bonds is 5. The van der Waals surface area contributed by atoms with Gasteiger partial charge in [0.1, 0.15) is 0 Å². The fourth-order valence-corrected chi connectivity index (χ4v) is 2.43. The van der Waals surface area contributed by atoms with Crippen molar-refractivity contribution in [3.8, 4) is 0 Å². The summed E-state index contributed by atoms with van der Waals surface area (Å²) in [5, 5.41) is 8.92. The molecular formula is C12H24N2O2. The Balaban J connectivity index is 2.44. The average molecular weight is 228 g/mol. The first-order chi connectivity index (χ1) is 7.54. The van der Waals surface area contributed by atoms with Crippen LogP contribution >= 0.6 is 0 Å². The van der Waals surface area contributed by atoms with E-state index in [4.69, 9.17) is 10.8 Å². The van der Waals surface area contributed by atoms with Crippen LogP contribution in [0.5, 0.6) is 0 Å². The van der Waals surface area contributed by atoms with Gasteiger partial charge in [-0.15, -0.1) is 0 Å².